The zero-order valence-corrected chi connectivity index (χ0v) is 26.3. The first-order valence-electron chi connectivity index (χ1n) is 13.1. The molecule has 0 aliphatic carbocycles. The second-order valence-electron chi connectivity index (χ2n) is 9.64. The fourth-order valence-electron chi connectivity index (χ4n) is 4.81. The van der Waals surface area contributed by atoms with Gasteiger partial charge in [0, 0.05) is 23.1 Å². The minimum atomic E-state index is -0.700. The Morgan fingerprint density at radius 2 is 1.61 bits per heavy atom. The normalized spacial score (nSPS) is 10.9. The van der Waals surface area contributed by atoms with E-state index in [1.165, 1.54) is 22.8 Å². The van der Waals surface area contributed by atoms with E-state index >= 15 is 0 Å². The molecule has 0 atom stereocenters. The van der Waals surface area contributed by atoms with Crippen LogP contribution in [-0.2, 0) is 19.4 Å². The van der Waals surface area contributed by atoms with Crippen LogP contribution in [0.2, 0.25) is 0 Å². The van der Waals surface area contributed by atoms with Gasteiger partial charge in [-0.1, -0.05) is 73.1 Å². The molecule has 2 aromatic heterocycles. The minimum Gasteiger partial charge on any atom is -1.00 e. The molecule has 206 valence electrons. The van der Waals surface area contributed by atoms with Crippen molar-refractivity contribution in [3.05, 3.63) is 127 Å². The second kappa shape index (κ2) is 13.8. The number of hydrogen-bond donors (Lipinski definition) is 1. The van der Waals surface area contributed by atoms with E-state index in [0.717, 1.165) is 29.5 Å². The Hall–Kier alpha value is -3.02. The molecule has 0 unspecified atom stereocenters. The van der Waals surface area contributed by atoms with Crippen LogP contribution in [0.15, 0.2) is 80.8 Å². The minimum absolute atomic E-state index is 0. The van der Waals surface area contributed by atoms with Gasteiger partial charge in [0.15, 0.2) is 5.82 Å². The van der Waals surface area contributed by atoms with Gasteiger partial charge in [0.05, 0.1) is 12.2 Å². The van der Waals surface area contributed by atoms with Crippen LogP contribution < -0.4 is 62.7 Å². The zero-order valence-electron chi connectivity index (χ0n) is 24.2. The van der Waals surface area contributed by atoms with Crippen LogP contribution in [0.25, 0.3) is 22.5 Å². The maximum atomic E-state index is 14.4. The molecule has 41 heavy (non-hydrogen) atoms. The Morgan fingerprint density at radius 1 is 0.927 bits per heavy atom. The third-order valence-electron chi connectivity index (χ3n) is 6.95. The van der Waals surface area contributed by atoms with Gasteiger partial charge in [-0.2, -0.15) is 0 Å². The third kappa shape index (κ3) is 6.90. The number of aryl methyl sites for hydroxylation is 2. The molecule has 0 bridgehead atoms. The van der Waals surface area contributed by atoms with Crippen LogP contribution in [-0.4, -0.2) is 19.7 Å². The molecule has 1 N–H and O–H groups in total. The SMILES string of the molecule is CCCCc1nc(C)n(Cc2c(F)cccc2F)c(=O)c1Cc1ccc(-c2ccccc2-c2noc(=O)[nH]2)cc1.[H-].[K+]. The summed E-state index contributed by atoms with van der Waals surface area (Å²) in [5.41, 5.74) is 4.11. The van der Waals surface area contributed by atoms with Gasteiger partial charge in [-0.3, -0.25) is 18.9 Å². The molecule has 0 aliphatic rings. The molecule has 0 saturated carbocycles. The smallest absolute Gasteiger partial charge is 1.00 e. The number of nitrogens with zero attached hydrogens (tertiary/aromatic N) is 3. The van der Waals surface area contributed by atoms with Gasteiger partial charge in [0.25, 0.3) is 5.56 Å². The van der Waals surface area contributed by atoms with Gasteiger partial charge >= 0.3 is 57.1 Å². The second-order valence-corrected chi connectivity index (χ2v) is 9.64. The van der Waals surface area contributed by atoms with E-state index in [0.29, 0.717) is 41.3 Å². The summed E-state index contributed by atoms with van der Waals surface area (Å²) < 4.78 is 34.8. The summed E-state index contributed by atoms with van der Waals surface area (Å²) in [5, 5.41) is 3.81. The van der Waals surface area contributed by atoms with Gasteiger partial charge in [0.1, 0.15) is 17.5 Å². The standard InChI is InChI=1S/C31H28F2N4O3.K.H/c1-3-4-12-28-24(30(38)37(19(2)34-28)18-25-26(32)10-7-11-27(25)33)17-20-13-15-21(16-14-20)22-8-5-6-9-23(22)29-35-31(39)40-36-29;;/h5-11,13-16H,3-4,12,17-18H2,1-2H3,(H,35,36,39);;/q;+1;-1. The van der Waals surface area contributed by atoms with Crippen LogP contribution in [0, 0.1) is 18.6 Å². The van der Waals surface area contributed by atoms with Crippen LogP contribution in [0.3, 0.4) is 0 Å². The van der Waals surface area contributed by atoms with Crippen LogP contribution in [0.1, 0.15) is 49.4 Å². The first kappa shape index (κ1) is 30.9. The molecule has 0 saturated heterocycles. The quantitative estimate of drug-likeness (QED) is 0.270. The average molecular weight is 583 g/mol. The summed E-state index contributed by atoms with van der Waals surface area (Å²) in [6.45, 7) is 3.52. The summed E-state index contributed by atoms with van der Waals surface area (Å²) in [5.74, 6) is -1.28. The van der Waals surface area contributed by atoms with Crippen molar-refractivity contribution in [2.45, 2.75) is 46.1 Å². The van der Waals surface area contributed by atoms with Crippen molar-refractivity contribution in [3.8, 4) is 22.5 Å². The maximum Gasteiger partial charge on any atom is 1.00 e. The Balaban J connectivity index is 0.00000242. The first-order chi connectivity index (χ1) is 19.4. The molecule has 5 rings (SSSR count). The number of nitrogens with one attached hydrogen (secondary N) is 1. The van der Waals surface area contributed by atoms with E-state index in [9.17, 15) is 18.4 Å². The van der Waals surface area contributed by atoms with Crippen molar-refractivity contribution in [1.29, 1.82) is 0 Å². The number of aromatic nitrogens is 4. The fraction of sp³-hybridized carbons (Fsp3) is 0.226. The fourth-order valence-corrected chi connectivity index (χ4v) is 4.81. The monoisotopic (exact) mass is 582 g/mol. The summed E-state index contributed by atoms with van der Waals surface area (Å²) in [7, 11) is 0. The zero-order chi connectivity index (χ0) is 28.2. The van der Waals surface area contributed by atoms with E-state index in [-0.39, 0.29) is 70.5 Å². The Kier molecular flexibility index (Phi) is 10.4. The molecule has 3 aromatic carbocycles. The molecule has 7 nitrogen and oxygen atoms in total. The predicted molar refractivity (Wildman–Crippen MR) is 149 cm³/mol. The van der Waals surface area contributed by atoms with Crippen LogP contribution in [0.4, 0.5) is 8.78 Å². The molecular formula is C31H29F2KN4O3. The van der Waals surface area contributed by atoms with Gasteiger partial charge in [0.2, 0.25) is 0 Å². The Morgan fingerprint density at radius 3 is 2.24 bits per heavy atom. The van der Waals surface area contributed by atoms with Crippen molar-refractivity contribution in [3.63, 3.8) is 0 Å². The Bertz CT molecular complexity index is 1760. The summed E-state index contributed by atoms with van der Waals surface area (Å²) in [4.78, 5) is 32.5. The summed E-state index contributed by atoms with van der Waals surface area (Å²) in [6, 6.07) is 18.9. The summed E-state index contributed by atoms with van der Waals surface area (Å²) >= 11 is 0. The predicted octanol–water partition coefficient (Wildman–Crippen LogP) is 2.94. The van der Waals surface area contributed by atoms with Crippen molar-refractivity contribution in [2.75, 3.05) is 0 Å². The number of rotatable bonds is 9. The van der Waals surface area contributed by atoms with Crippen molar-refractivity contribution < 1.29 is 66.1 Å². The molecule has 0 aliphatic heterocycles. The molecule has 2 heterocycles. The van der Waals surface area contributed by atoms with E-state index < -0.39 is 17.4 Å². The number of benzene rings is 3. The summed E-state index contributed by atoms with van der Waals surface area (Å²) in [6.07, 6.45) is 2.76. The number of halogens is 2. The number of hydrogen-bond acceptors (Lipinski definition) is 5. The van der Waals surface area contributed by atoms with Crippen molar-refractivity contribution in [1.82, 2.24) is 19.7 Å². The molecular weight excluding hydrogens is 553 g/mol. The average Bonchev–Trinajstić information content (AvgIpc) is 3.39. The van der Waals surface area contributed by atoms with E-state index in [2.05, 4.69) is 21.6 Å². The van der Waals surface area contributed by atoms with E-state index in [4.69, 9.17) is 4.98 Å². The number of unbranched alkanes of at least 4 members (excludes halogenated alkanes) is 1. The molecule has 0 radical (unpaired) electrons. The first-order valence-corrected chi connectivity index (χ1v) is 13.1. The third-order valence-corrected chi connectivity index (χ3v) is 6.95. The van der Waals surface area contributed by atoms with Gasteiger partial charge in [-0.05, 0) is 48.6 Å². The van der Waals surface area contributed by atoms with E-state index in [1.54, 1.807) is 6.92 Å². The maximum absolute atomic E-state index is 14.4. The van der Waals surface area contributed by atoms with Crippen molar-refractivity contribution >= 4 is 0 Å². The molecule has 5 aromatic rings. The van der Waals surface area contributed by atoms with Crippen molar-refractivity contribution in [2.24, 2.45) is 0 Å². The van der Waals surface area contributed by atoms with E-state index in [1.807, 2.05) is 48.5 Å². The van der Waals surface area contributed by atoms with Crippen LogP contribution >= 0.6 is 0 Å². The molecule has 0 spiro atoms. The molecule has 10 heteroatoms. The molecule has 0 amide bonds. The topological polar surface area (TPSA) is 93.8 Å². The van der Waals surface area contributed by atoms with Gasteiger partial charge in [-0.25, -0.2) is 18.6 Å². The van der Waals surface area contributed by atoms with Gasteiger partial charge < -0.3 is 1.43 Å². The number of H-pyrrole nitrogens is 1. The molecule has 0 fully saturated rings. The van der Waals surface area contributed by atoms with Crippen LogP contribution in [0.5, 0.6) is 0 Å². The Labute approximate surface area is 279 Å². The largest absolute Gasteiger partial charge is 1.00 e. The van der Waals surface area contributed by atoms with Gasteiger partial charge in [-0.15, -0.1) is 0 Å². The number of aromatic amines is 1.